The Labute approximate surface area is 185 Å². The second-order valence-corrected chi connectivity index (χ2v) is 9.10. The summed E-state index contributed by atoms with van der Waals surface area (Å²) in [5.74, 6) is 0. The molecule has 0 spiro atoms. The Bertz CT molecular complexity index is 365. The van der Waals surface area contributed by atoms with Crippen molar-refractivity contribution in [2.75, 3.05) is 19.8 Å². The molecule has 0 aromatic rings. The third-order valence-corrected chi connectivity index (χ3v) is 6.32. The maximum atomic E-state index is 10.1. The molecule has 1 rings (SSSR count). The summed E-state index contributed by atoms with van der Waals surface area (Å²) in [7, 11) is 0. The van der Waals surface area contributed by atoms with E-state index in [1.165, 1.54) is 96.3 Å². The Kier molecular flexibility index (Phi) is 18.1. The van der Waals surface area contributed by atoms with E-state index < -0.39 is 31.0 Å². The van der Waals surface area contributed by atoms with Gasteiger partial charge < -0.3 is 24.8 Å². The van der Waals surface area contributed by atoms with Gasteiger partial charge in [-0.15, -0.1) is 0 Å². The van der Waals surface area contributed by atoms with Crippen molar-refractivity contribution in [1.82, 2.24) is 0 Å². The Morgan fingerprint density at radius 3 is 1.63 bits per heavy atom. The first-order valence-electron chi connectivity index (χ1n) is 12.9. The standard InChI is InChI=1S/C25H50O5/c1-2-3-4-5-6-7-8-9-10-11-12-13-14-15-16-17-18-19-29-23-21-30-25(24(23)28)22(27)20-26/h22-28H,2-21H2,1H3/t22-,23+,24+,25+/m1/s1. The summed E-state index contributed by atoms with van der Waals surface area (Å²) in [4.78, 5) is 0. The highest BCUT2D eigenvalue weighted by atomic mass is 16.6. The normalized spacial score (nSPS) is 22.6. The molecule has 180 valence electrons. The molecule has 0 saturated carbocycles. The molecule has 0 unspecified atom stereocenters. The molecule has 1 fully saturated rings. The van der Waals surface area contributed by atoms with Gasteiger partial charge in [-0.1, -0.05) is 110 Å². The van der Waals surface area contributed by atoms with Gasteiger partial charge >= 0.3 is 0 Å². The van der Waals surface area contributed by atoms with Crippen molar-refractivity contribution in [3.8, 4) is 0 Å². The molecule has 1 aliphatic rings. The van der Waals surface area contributed by atoms with Gasteiger partial charge in [0.05, 0.1) is 13.2 Å². The molecule has 3 N–H and O–H groups in total. The molecule has 1 heterocycles. The van der Waals surface area contributed by atoms with Gasteiger partial charge in [0.15, 0.2) is 0 Å². The van der Waals surface area contributed by atoms with Gasteiger partial charge in [0.1, 0.15) is 24.4 Å². The molecule has 30 heavy (non-hydrogen) atoms. The smallest absolute Gasteiger partial charge is 0.114 e. The molecule has 1 saturated heterocycles. The first-order valence-corrected chi connectivity index (χ1v) is 12.9. The molecule has 0 aromatic heterocycles. The van der Waals surface area contributed by atoms with Crippen LogP contribution in [0.25, 0.3) is 0 Å². The summed E-state index contributed by atoms with van der Waals surface area (Å²) in [6.07, 6.45) is 19.9. The molecule has 0 radical (unpaired) electrons. The van der Waals surface area contributed by atoms with Gasteiger partial charge in [-0.25, -0.2) is 0 Å². The minimum atomic E-state index is -1.05. The number of aliphatic hydroxyl groups is 3. The number of hydrogen-bond acceptors (Lipinski definition) is 5. The number of unbranched alkanes of at least 4 members (excludes halogenated alkanes) is 16. The summed E-state index contributed by atoms with van der Waals surface area (Å²) in [5, 5.41) is 28.6. The van der Waals surface area contributed by atoms with Gasteiger partial charge in [0, 0.05) is 6.61 Å². The molecule has 5 heteroatoms. The molecular weight excluding hydrogens is 380 g/mol. The van der Waals surface area contributed by atoms with Crippen molar-refractivity contribution in [3.05, 3.63) is 0 Å². The van der Waals surface area contributed by atoms with Crippen molar-refractivity contribution in [3.63, 3.8) is 0 Å². The largest absolute Gasteiger partial charge is 0.394 e. The van der Waals surface area contributed by atoms with Crippen LogP contribution in [0.5, 0.6) is 0 Å². The van der Waals surface area contributed by atoms with Gasteiger partial charge in [-0.3, -0.25) is 0 Å². The van der Waals surface area contributed by atoms with Crippen LogP contribution in [0.15, 0.2) is 0 Å². The van der Waals surface area contributed by atoms with E-state index in [9.17, 15) is 10.2 Å². The van der Waals surface area contributed by atoms with Crippen molar-refractivity contribution < 1.29 is 24.8 Å². The topological polar surface area (TPSA) is 79.2 Å². The maximum Gasteiger partial charge on any atom is 0.114 e. The monoisotopic (exact) mass is 430 g/mol. The number of rotatable bonds is 21. The van der Waals surface area contributed by atoms with Crippen LogP contribution in [0.2, 0.25) is 0 Å². The second kappa shape index (κ2) is 19.5. The highest BCUT2D eigenvalue weighted by Crippen LogP contribution is 2.21. The van der Waals surface area contributed by atoms with Crippen LogP contribution in [-0.4, -0.2) is 59.6 Å². The number of hydrogen-bond donors (Lipinski definition) is 3. The molecule has 0 aliphatic carbocycles. The third kappa shape index (κ3) is 13.3. The summed E-state index contributed by atoms with van der Waals surface area (Å²) in [5.41, 5.74) is 0. The molecule has 0 aromatic carbocycles. The quantitative estimate of drug-likeness (QED) is 0.220. The highest BCUT2D eigenvalue weighted by Gasteiger charge is 2.40. The van der Waals surface area contributed by atoms with E-state index in [4.69, 9.17) is 14.6 Å². The average Bonchev–Trinajstić information content (AvgIpc) is 3.12. The van der Waals surface area contributed by atoms with E-state index >= 15 is 0 Å². The highest BCUT2D eigenvalue weighted by molar-refractivity contribution is 4.88. The van der Waals surface area contributed by atoms with Gasteiger partial charge in [0.2, 0.25) is 0 Å². The Morgan fingerprint density at radius 2 is 1.20 bits per heavy atom. The molecule has 0 amide bonds. The van der Waals surface area contributed by atoms with Crippen LogP contribution in [0.3, 0.4) is 0 Å². The van der Waals surface area contributed by atoms with Crippen molar-refractivity contribution in [2.24, 2.45) is 0 Å². The summed E-state index contributed by atoms with van der Waals surface area (Å²) >= 11 is 0. The zero-order valence-electron chi connectivity index (χ0n) is 19.6. The Balaban J connectivity index is 1.77. The Morgan fingerprint density at radius 1 is 0.767 bits per heavy atom. The first kappa shape index (κ1) is 27.8. The van der Waals surface area contributed by atoms with E-state index in [1.807, 2.05) is 0 Å². The summed E-state index contributed by atoms with van der Waals surface area (Å²) in [6.45, 7) is 2.76. The predicted octanol–water partition coefficient (Wildman–Crippen LogP) is 5.14. The SMILES string of the molecule is CCCCCCCCCCCCCCCCCCCO[C@H]1CO[C@@H]([C@H](O)CO)[C@H]1O. The van der Waals surface area contributed by atoms with Crippen molar-refractivity contribution in [2.45, 2.75) is 140 Å². The molecule has 4 atom stereocenters. The van der Waals surface area contributed by atoms with Crippen LogP contribution in [-0.2, 0) is 9.47 Å². The van der Waals surface area contributed by atoms with Gasteiger partial charge in [0.25, 0.3) is 0 Å². The van der Waals surface area contributed by atoms with E-state index in [2.05, 4.69) is 6.92 Å². The fraction of sp³-hybridized carbons (Fsp3) is 1.00. The lowest BCUT2D eigenvalue weighted by Gasteiger charge is -2.20. The fourth-order valence-corrected chi connectivity index (χ4v) is 4.27. The zero-order chi connectivity index (χ0) is 21.9. The van der Waals surface area contributed by atoms with E-state index in [0.29, 0.717) is 6.61 Å². The van der Waals surface area contributed by atoms with Crippen LogP contribution in [0, 0.1) is 0 Å². The van der Waals surface area contributed by atoms with E-state index in [0.717, 1.165) is 12.8 Å². The molecule has 5 nitrogen and oxygen atoms in total. The van der Waals surface area contributed by atoms with Crippen LogP contribution < -0.4 is 0 Å². The number of aliphatic hydroxyl groups excluding tert-OH is 3. The zero-order valence-corrected chi connectivity index (χ0v) is 19.6. The molecule has 1 aliphatic heterocycles. The predicted molar refractivity (Wildman–Crippen MR) is 123 cm³/mol. The van der Waals surface area contributed by atoms with Crippen LogP contribution in [0.4, 0.5) is 0 Å². The third-order valence-electron chi connectivity index (χ3n) is 6.32. The van der Waals surface area contributed by atoms with E-state index in [1.54, 1.807) is 0 Å². The molecule has 0 bridgehead atoms. The lowest BCUT2D eigenvalue weighted by molar-refractivity contribution is -0.0730. The van der Waals surface area contributed by atoms with E-state index in [-0.39, 0.29) is 6.61 Å². The average molecular weight is 431 g/mol. The summed E-state index contributed by atoms with van der Waals surface area (Å²) < 4.78 is 11.0. The fourth-order valence-electron chi connectivity index (χ4n) is 4.27. The lowest BCUT2D eigenvalue weighted by Crippen LogP contribution is -2.41. The Hall–Kier alpha value is -0.200. The maximum absolute atomic E-state index is 10.1. The first-order chi connectivity index (χ1) is 14.7. The minimum absolute atomic E-state index is 0.280. The van der Waals surface area contributed by atoms with Crippen molar-refractivity contribution in [1.29, 1.82) is 0 Å². The second-order valence-electron chi connectivity index (χ2n) is 9.10. The molecular formula is C25H50O5. The summed E-state index contributed by atoms with van der Waals surface area (Å²) in [6, 6.07) is 0. The van der Waals surface area contributed by atoms with Crippen LogP contribution in [0.1, 0.15) is 116 Å². The van der Waals surface area contributed by atoms with Crippen molar-refractivity contribution >= 4 is 0 Å². The number of ether oxygens (including phenoxy) is 2. The minimum Gasteiger partial charge on any atom is -0.394 e. The van der Waals surface area contributed by atoms with Gasteiger partial charge in [-0.05, 0) is 6.42 Å². The van der Waals surface area contributed by atoms with Gasteiger partial charge in [-0.2, -0.15) is 0 Å². The lowest BCUT2D eigenvalue weighted by atomic mass is 10.0. The van der Waals surface area contributed by atoms with Crippen LogP contribution >= 0.6 is 0 Å².